The molecule has 0 aromatic heterocycles. The van der Waals surface area contributed by atoms with Crippen molar-refractivity contribution in [2.24, 2.45) is 0 Å². The zero-order valence-corrected chi connectivity index (χ0v) is 9.04. The second-order valence-electron chi connectivity index (χ2n) is 2.24. The van der Waals surface area contributed by atoms with E-state index in [1.165, 1.54) is 0 Å². The minimum atomic E-state index is 0.264. The maximum Gasteiger partial charge on any atom is 0.119 e. The highest BCUT2D eigenvalue weighted by molar-refractivity contribution is 8.25. The molecule has 1 rings (SSSR count). The third kappa shape index (κ3) is 3.61. The van der Waals surface area contributed by atoms with Gasteiger partial charge in [-0.1, -0.05) is 0 Å². The van der Waals surface area contributed by atoms with Gasteiger partial charge in [0.05, 0.1) is 22.5 Å². The van der Waals surface area contributed by atoms with Crippen molar-refractivity contribution in [3.63, 3.8) is 0 Å². The fourth-order valence-electron chi connectivity index (χ4n) is 0.805. The number of hydrogen-bond acceptors (Lipinski definition) is 5. The topological polar surface area (TPSA) is 42.2 Å². The Labute approximate surface area is 86.4 Å². The molecule has 1 aliphatic rings. The summed E-state index contributed by atoms with van der Waals surface area (Å²) in [6.07, 6.45) is 0. The molecule has 0 N–H and O–H groups in total. The van der Waals surface area contributed by atoms with Crippen LogP contribution >= 0.6 is 23.5 Å². The smallest absolute Gasteiger partial charge is 0.119 e. The van der Waals surface area contributed by atoms with Gasteiger partial charge in [0, 0.05) is 11.5 Å². The molecule has 13 heavy (non-hydrogen) atoms. The summed E-state index contributed by atoms with van der Waals surface area (Å²) in [6, 6.07) is 2.14. The first-order valence-electron chi connectivity index (χ1n) is 4.01. The molecule has 0 aliphatic carbocycles. The molecule has 0 atom stereocenters. The Morgan fingerprint density at radius 3 is 2.69 bits per heavy atom. The van der Waals surface area contributed by atoms with Crippen molar-refractivity contribution in [2.45, 2.75) is 6.92 Å². The molecule has 0 spiro atoms. The van der Waals surface area contributed by atoms with Crippen LogP contribution in [0.25, 0.3) is 0 Å². The Kier molecular flexibility index (Phi) is 5.32. The van der Waals surface area contributed by atoms with E-state index in [0.717, 1.165) is 15.7 Å². The number of rotatable bonds is 4. The molecule has 1 fully saturated rings. The summed E-state index contributed by atoms with van der Waals surface area (Å²) in [5.41, 5.74) is 0.681. The molecule has 0 saturated carbocycles. The van der Waals surface area contributed by atoms with E-state index >= 15 is 0 Å². The summed E-state index contributed by atoms with van der Waals surface area (Å²) < 4.78 is 1.09. The molecule has 72 valence electrons. The molecule has 1 aliphatic heterocycles. The van der Waals surface area contributed by atoms with E-state index in [4.69, 9.17) is 15.0 Å². The summed E-state index contributed by atoms with van der Waals surface area (Å²) in [4.78, 5) is 9.56. The van der Waals surface area contributed by atoms with Gasteiger partial charge < -0.3 is 0 Å². The Bertz CT molecular complexity index is 227. The van der Waals surface area contributed by atoms with Gasteiger partial charge in [-0.05, 0) is 6.92 Å². The van der Waals surface area contributed by atoms with Gasteiger partial charge in [0.2, 0.25) is 0 Å². The van der Waals surface area contributed by atoms with E-state index < -0.39 is 0 Å². The first-order valence-corrected chi connectivity index (χ1v) is 5.99. The highest BCUT2D eigenvalue weighted by Gasteiger charge is 2.14. The van der Waals surface area contributed by atoms with Crippen molar-refractivity contribution in [2.75, 3.05) is 24.7 Å². The Morgan fingerprint density at radius 1 is 1.46 bits per heavy atom. The molecule has 0 aromatic carbocycles. The largest absolute Gasteiger partial charge is 0.237 e. The standard InChI is InChI=1S/C8H11NO2S2/c1-2-10-11-6-7(5-9)8-12-3-4-13-8/h2-4,6H2,1H3. The van der Waals surface area contributed by atoms with E-state index in [0.29, 0.717) is 12.2 Å². The van der Waals surface area contributed by atoms with Gasteiger partial charge in [0.1, 0.15) is 6.61 Å². The highest BCUT2D eigenvalue weighted by Crippen LogP contribution is 2.38. The summed E-state index contributed by atoms with van der Waals surface area (Å²) in [5.74, 6) is 2.17. The van der Waals surface area contributed by atoms with Crippen molar-refractivity contribution in [1.82, 2.24) is 0 Å². The predicted molar refractivity (Wildman–Crippen MR) is 55.1 cm³/mol. The van der Waals surface area contributed by atoms with E-state index in [9.17, 15) is 0 Å². The zero-order chi connectivity index (χ0) is 9.52. The second-order valence-corrected chi connectivity index (χ2v) is 4.71. The second kappa shape index (κ2) is 6.33. The molecule has 3 nitrogen and oxygen atoms in total. The van der Waals surface area contributed by atoms with Gasteiger partial charge in [-0.15, -0.1) is 23.5 Å². The van der Waals surface area contributed by atoms with Gasteiger partial charge in [-0.2, -0.15) is 5.26 Å². The maximum absolute atomic E-state index is 8.82. The highest BCUT2D eigenvalue weighted by atomic mass is 32.2. The molecule has 0 amide bonds. The van der Waals surface area contributed by atoms with Crippen LogP contribution in [-0.2, 0) is 9.78 Å². The Balaban J connectivity index is 2.42. The number of nitriles is 1. The zero-order valence-electron chi connectivity index (χ0n) is 7.41. The predicted octanol–water partition coefficient (Wildman–Crippen LogP) is 2.17. The first kappa shape index (κ1) is 10.9. The minimum absolute atomic E-state index is 0.264. The first-order chi connectivity index (χ1) is 6.38. The molecule has 0 aromatic rings. The van der Waals surface area contributed by atoms with E-state index in [1.807, 2.05) is 6.92 Å². The van der Waals surface area contributed by atoms with Crippen LogP contribution in [0.3, 0.4) is 0 Å². The lowest BCUT2D eigenvalue weighted by atomic mass is 10.4. The van der Waals surface area contributed by atoms with Crippen LogP contribution in [0.2, 0.25) is 0 Å². The monoisotopic (exact) mass is 217 g/mol. The Hall–Kier alpha value is -0.150. The summed E-state index contributed by atoms with van der Waals surface area (Å²) in [6.45, 7) is 2.62. The summed E-state index contributed by atoms with van der Waals surface area (Å²) >= 11 is 3.44. The molecular formula is C8H11NO2S2. The maximum atomic E-state index is 8.82. The van der Waals surface area contributed by atoms with Gasteiger partial charge in [0.25, 0.3) is 0 Å². The van der Waals surface area contributed by atoms with Gasteiger partial charge in [-0.25, -0.2) is 9.78 Å². The Morgan fingerprint density at radius 2 is 2.15 bits per heavy atom. The van der Waals surface area contributed by atoms with Crippen LogP contribution in [0.4, 0.5) is 0 Å². The van der Waals surface area contributed by atoms with Crippen LogP contribution in [0, 0.1) is 11.3 Å². The molecule has 0 unspecified atom stereocenters. The van der Waals surface area contributed by atoms with Crippen molar-refractivity contribution < 1.29 is 9.78 Å². The molecule has 1 heterocycles. The van der Waals surface area contributed by atoms with Crippen molar-refractivity contribution in [3.8, 4) is 6.07 Å². The lowest BCUT2D eigenvalue weighted by molar-refractivity contribution is -0.283. The number of hydrogen-bond donors (Lipinski definition) is 0. The van der Waals surface area contributed by atoms with Crippen molar-refractivity contribution in [3.05, 3.63) is 9.81 Å². The normalized spacial score (nSPS) is 15.8. The van der Waals surface area contributed by atoms with Gasteiger partial charge in [0.15, 0.2) is 0 Å². The molecule has 5 heteroatoms. The fraction of sp³-hybridized carbons (Fsp3) is 0.625. The SMILES string of the molecule is CCOOCC(C#N)=C1SCCS1. The van der Waals surface area contributed by atoms with Gasteiger partial charge in [-0.3, -0.25) is 0 Å². The van der Waals surface area contributed by atoms with Crippen molar-refractivity contribution >= 4 is 23.5 Å². The van der Waals surface area contributed by atoms with E-state index in [1.54, 1.807) is 23.5 Å². The number of thioether (sulfide) groups is 2. The lowest BCUT2D eigenvalue weighted by Gasteiger charge is -2.02. The minimum Gasteiger partial charge on any atom is -0.237 e. The molecule has 0 bridgehead atoms. The molecule has 0 radical (unpaired) electrons. The van der Waals surface area contributed by atoms with Crippen LogP contribution in [-0.4, -0.2) is 24.7 Å². The van der Waals surface area contributed by atoms with E-state index in [-0.39, 0.29) is 6.61 Å². The quantitative estimate of drug-likeness (QED) is 0.312. The molecule has 1 saturated heterocycles. The van der Waals surface area contributed by atoms with Crippen LogP contribution in [0.5, 0.6) is 0 Å². The van der Waals surface area contributed by atoms with Crippen molar-refractivity contribution in [1.29, 1.82) is 5.26 Å². The average Bonchev–Trinajstić information content (AvgIpc) is 2.65. The summed E-state index contributed by atoms with van der Waals surface area (Å²) in [7, 11) is 0. The van der Waals surface area contributed by atoms with Crippen LogP contribution < -0.4 is 0 Å². The third-order valence-corrected chi connectivity index (χ3v) is 4.13. The lowest BCUT2D eigenvalue weighted by Crippen LogP contribution is -1.99. The average molecular weight is 217 g/mol. The van der Waals surface area contributed by atoms with Gasteiger partial charge >= 0.3 is 0 Å². The summed E-state index contributed by atoms with van der Waals surface area (Å²) in [5, 5.41) is 8.82. The van der Waals surface area contributed by atoms with E-state index in [2.05, 4.69) is 6.07 Å². The van der Waals surface area contributed by atoms with Crippen LogP contribution in [0.1, 0.15) is 6.92 Å². The molecular weight excluding hydrogens is 206 g/mol. The number of nitrogens with zero attached hydrogens (tertiary/aromatic N) is 1. The fourth-order valence-corrected chi connectivity index (χ4v) is 3.23. The third-order valence-electron chi connectivity index (χ3n) is 1.34. The van der Waals surface area contributed by atoms with Crippen LogP contribution in [0.15, 0.2) is 9.81 Å².